The first kappa shape index (κ1) is 11.2. The van der Waals surface area contributed by atoms with Crippen molar-refractivity contribution in [3.63, 3.8) is 0 Å². The zero-order valence-corrected chi connectivity index (χ0v) is 9.53. The summed E-state index contributed by atoms with van der Waals surface area (Å²) in [4.78, 5) is 24.5. The van der Waals surface area contributed by atoms with Gasteiger partial charge in [-0.1, -0.05) is 0 Å². The molecule has 0 aromatic rings. The molecule has 2 fully saturated rings. The van der Waals surface area contributed by atoms with Crippen LogP contribution in [0.4, 0.5) is 4.79 Å². The SMILES string of the molecule is CC1CCCN1C(=O)NCC1(C(=O)O)CC1. The van der Waals surface area contributed by atoms with Crippen molar-refractivity contribution in [1.82, 2.24) is 10.2 Å². The molecule has 1 heterocycles. The minimum absolute atomic E-state index is 0.113. The molecule has 2 N–H and O–H groups in total. The predicted molar refractivity (Wildman–Crippen MR) is 58.1 cm³/mol. The second kappa shape index (κ2) is 3.96. The number of carboxylic acid groups (broad SMARTS) is 1. The largest absolute Gasteiger partial charge is 0.481 e. The standard InChI is InChI=1S/C11H18N2O3/c1-8-3-2-6-13(8)10(16)12-7-11(4-5-11)9(14)15/h8H,2-7H2,1H3,(H,12,16)(H,14,15). The number of hydrogen-bond donors (Lipinski definition) is 2. The Morgan fingerprint density at radius 3 is 2.62 bits per heavy atom. The second-order valence-corrected chi connectivity index (χ2v) is 4.93. The van der Waals surface area contributed by atoms with Crippen LogP contribution in [0.3, 0.4) is 0 Å². The maximum atomic E-state index is 11.8. The zero-order chi connectivity index (χ0) is 11.8. The summed E-state index contributed by atoms with van der Waals surface area (Å²) in [5.74, 6) is -0.790. The lowest BCUT2D eigenvalue weighted by atomic mass is 10.1. The van der Waals surface area contributed by atoms with Crippen LogP contribution in [0.25, 0.3) is 0 Å². The van der Waals surface area contributed by atoms with Crippen molar-refractivity contribution in [1.29, 1.82) is 0 Å². The molecule has 0 bridgehead atoms. The number of carboxylic acids is 1. The van der Waals surface area contributed by atoms with E-state index < -0.39 is 11.4 Å². The first-order valence-corrected chi connectivity index (χ1v) is 5.83. The third-order valence-corrected chi connectivity index (χ3v) is 3.70. The highest BCUT2D eigenvalue weighted by Gasteiger charge is 2.50. The third-order valence-electron chi connectivity index (χ3n) is 3.70. The lowest BCUT2D eigenvalue weighted by Gasteiger charge is -2.22. The molecule has 2 amide bonds. The number of carbonyl (C=O) groups excluding carboxylic acids is 1. The molecule has 5 heteroatoms. The number of carbonyl (C=O) groups is 2. The van der Waals surface area contributed by atoms with Crippen molar-refractivity contribution in [3.05, 3.63) is 0 Å². The van der Waals surface area contributed by atoms with E-state index in [0.29, 0.717) is 12.8 Å². The summed E-state index contributed by atoms with van der Waals surface area (Å²) in [6.45, 7) is 3.08. The molecule has 1 aliphatic carbocycles. The van der Waals surface area contributed by atoms with E-state index in [1.54, 1.807) is 4.90 Å². The molecule has 1 unspecified atom stereocenters. The van der Waals surface area contributed by atoms with Gasteiger partial charge in [0.2, 0.25) is 0 Å². The van der Waals surface area contributed by atoms with Crippen LogP contribution in [-0.4, -0.2) is 41.1 Å². The fourth-order valence-corrected chi connectivity index (χ4v) is 2.20. The molecule has 1 aliphatic heterocycles. The Hall–Kier alpha value is -1.26. The molecule has 16 heavy (non-hydrogen) atoms. The van der Waals surface area contributed by atoms with Crippen LogP contribution in [0.15, 0.2) is 0 Å². The Morgan fingerprint density at radius 2 is 2.19 bits per heavy atom. The van der Waals surface area contributed by atoms with Gasteiger partial charge in [-0.15, -0.1) is 0 Å². The first-order valence-electron chi connectivity index (χ1n) is 5.83. The van der Waals surface area contributed by atoms with Gasteiger partial charge in [0.15, 0.2) is 0 Å². The summed E-state index contributed by atoms with van der Waals surface area (Å²) in [6, 6.07) is 0.164. The number of amides is 2. The number of nitrogens with one attached hydrogen (secondary N) is 1. The topological polar surface area (TPSA) is 69.6 Å². The van der Waals surface area contributed by atoms with E-state index in [4.69, 9.17) is 5.11 Å². The second-order valence-electron chi connectivity index (χ2n) is 4.93. The fourth-order valence-electron chi connectivity index (χ4n) is 2.20. The molecule has 1 saturated carbocycles. The Labute approximate surface area is 94.8 Å². The monoisotopic (exact) mass is 226 g/mol. The van der Waals surface area contributed by atoms with E-state index in [9.17, 15) is 9.59 Å². The van der Waals surface area contributed by atoms with E-state index in [1.165, 1.54) is 0 Å². The molecule has 0 spiro atoms. The zero-order valence-electron chi connectivity index (χ0n) is 9.53. The first-order chi connectivity index (χ1) is 7.55. The van der Waals surface area contributed by atoms with Crippen molar-refractivity contribution in [2.45, 2.75) is 38.6 Å². The lowest BCUT2D eigenvalue weighted by molar-refractivity contribution is -0.143. The van der Waals surface area contributed by atoms with Crippen LogP contribution in [0.5, 0.6) is 0 Å². The van der Waals surface area contributed by atoms with Crippen LogP contribution < -0.4 is 5.32 Å². The summed E-state index contributed by atoms with van der Waals surface area (Å²) >= 11 is 0. The van der Waals surface area contributed by atoms with Crippen molar-refractivity contribution < 1.29 is 14.7 Å². The van der Waals surface area contributed by atoms with E-state index in [-0.39, 0.29) is 18.6 Å². The number of hydrogen-bond acceptors (Lipinski definition) is 2. The van der Waals surface area contributed by atoms with Crippen LogP contribution in [-0.2, 0) is 4.79 Å². The van der Waals surface area contributed by atoms with Gasteiger partial charge in [0.25, 0.3) is 0 Å². The summed E-state index contributed by atoms with van der Waals surface area (Å²) < 4.78 is 0. The van der Waals surface area contributed by atoms with Gasteiger partial charge in [0, 0.05) is 19.1 Å². The highest BCUT2D eigenvalue weighted by atomic mass is 16.4. The van der Waals surface area contributed by atoms with E-state index in [2.05, 4.69) is 5.32 Å². The van der Waals surface area contributed by atoms with Crippen LogP contribution in [0, 0.1) is 5.41 Å². The Kier molecular flexibility index (Phi) is 2.78. The molecule has 0 aromatic carbocycles. The number of urea groups is 1. The number of likely N-dealkylation sites (tertiary alicyclic amines) is 1. The Morgan fingerprint density at radius 1 is 1.50 bits per heavy atom. The van der Waals surface area contributed by atoms with Gasteiger partial charge in [-0.05, 0) is 32.6 Å². The van der Waals surface area contributed by atoms with E-state index >= 15 is 0 Å². The van der Waals surface area contributed by atoms with E-state index in [0.717, 1.165) is 19.4 Å². The highest BCUT2D eigenvalue weighted by molar-refractivity contribution is 5.80. The fraction of sp³-hybridized carbons (Fsp3) is 0.818. The summed E-state index contributed by atoms with van der Waals surface area (Å²) in [7, 11) is 0. The minimum Gasteiger partial charge on any atom is -0.481 e. The quantitative estimate of drug-likeness (QED) is 0.755. The Bertz CT molecular complexity index is 312. The molecule has 1 atom stereocenters. The lowest BCUT2D eigenvalue weighted by Crippen LogP contribution is -2.44. The number of aliphatic carboxylic acids is 1. The van der Waals surface area contributed by atoms with Gasteiger partial charge in [-0.25, -0.2) is 4.79 Å². The van der Waals surface area contributed by atoms with Gasteiger partial charge in [0.05, 0.1) is 5.41 Å². The molecule has 2 rings (SSSR count). The van der Waals surface area contributed by atoms with Crippen LogP contribution >= 0.6 is 0 Å². The van der Waals surface area contributed by atoms with Crippen LogP contribution in [0.1, 0.15) is 32.6 Å². The van der Waals surface area contributed by atoms with Crippen LogP contribution in [0.2, 0.25) is 0 Å². The summed E-state index contributed by atoms with van der Waals surface area (Å²) in [6.07, 6.45) is 3.44. The minimum atomic E-state index is -0.790. The summed E-state index contributed by atoms with van der Waals surface area (Å²) in [5, 5.41) is 11.7. The van der Waals surface area contributed by atoms with Gasteiger partial charge >= 0.3 is 12.0 Å². The molecule has 90 valence electrons. The third kappa shape index (κ3) is 1.99. The van der Waals surface area contributed by atoms with Crippen molar-refractivity contribution in [2.24, 2.45) is 5.41 Å². The van der Waals surface area contributed by atoms with Gasteiger partial charge in [0.1, 0.15) is 0 Å². The molecule has 5 nitrogen and oxygen atoms in total. The van der Waals surface area contributed by atoms with Gasteiger partial charge < -0.3 is 15.3 Å². The van der Waals surface area contributed by atoms with Crippen molar-refractivity contribution in [2.75, 3.05) is 13.1 Å². The van der Waals surface area contributed by atoms with E-state index in [1.807, 2.05) is 6.92 Å². The molecule has 0 aromatic heterocycles. The van der Waals surface area contributed by atoms with Gasteiger partial charge in [-0.2, -0.15) is 0 Å². The summed E-state index contributed by atoms with van der Waals surface area (Å²) in [5.41, 5.74) is -0.668. The number of nitrogens with zero attached hydrogens (tertiary/aromatic N) is 1. The van der Waals surface area contributed by atoms with Crippen molar-refractivity contribution >= 4 is 12.0 Å². The maximum absolute atomic E-state index is 11.8. The van der Waals surface area contributed by atoms with Gasteiger partial charge in [-0.3, -0.25) is 4.79 Å². The molecule has 1 saturated heterocycles. The normalized spacial score (nSPS) is 26.6. The average molecular weight is 226 g/mol. The molecule has 0 radical (unpaired) electrons. The molecular weight excluding hydrogens is 208 g/mol. The molecule has 2 aliphatic rings. The highest BCUT2D eigenvalue weighted by Crippen LogP contribution is 2.45. The maximum Gasteiger partial charge on any atom is 0.317 e. The smallest absolute Gasteiger partial charge is 0.317 e. The van der Waals surface area contributed by atoms with Crippen molar-refractivity contribution in [3.8, 4) is 0 Å². The molecular formula is C11H18N2O3. The predicted octanol–water partition coefficient (Wildman–Crippen LogP) is 1.05. The number of rotatable bonds is 3. The average Bonchev–Trinajstić information content (AvgIpc) is 2.92. The Balaban J connectivity index is 1.82.